The third-order valence-electron chi connectivity index (χ3n) is 2.34. The number of aromatic carboxylic acids is 1. The van der Waals surface area contributed by atoms with Gasteiger partial charge >= 0.3 is 5.97 Å². The Kier molecular flexibility index (Phi) is 5.42. The van der Waals surface area contributed by atoms with Crippen LogP contribution in [0, 0.1) is 6.92 Å². The molecule has 5 nitrogen and oxygen atoms in total. The summed E-state index contributed by atoms with van der Waals surface area (Å²) in [5.74, 6) is -0.531. The molecule has 0 saturated heterocycles. The fraction of sp³-hybridized carbons (Fsp3) is 0.500. The van der Waals surface area contributed by atoms with Crippen molar-refractivity contribution in [3.8, 4) is 0 Å². The Morgan fingerprint density at radius 2 is 2.35 bits per heavy atom. The van der Waals surface area contributed by atoms with Gasteiger partial charge in [0.05, 0.1) is 0 Å². The van der Waals surface area contributed by atoms with Gasteiger partial charge in [-0.3, -0.25) is 0 Å². The maximum absolute atomic E-state index is 11.1. The first-order valence-electron chi connectivity index (χ1n) is 5.67. The quantitative estimate of drug-likeness (QED) is 0.710. The summed E-state index contributed by atoms with van der Waals surface area (Å²) in [5.41, 5.74) is 0.948. The van der Waals surface area contributed by atoms with Crippen LogP contribution < -0.4 is 5.32 Å². The highest BCUT2D eigenvalue weighted by atomic mass is 16.5. The summed E-state index contributed by atoms with van der Waals surface area (Å²) in [4.78, 5) is 15.1. The first-order valence-corrected chi connectivity index (χ1v) is 5.67. The summed E-state index contributed by atoms with van der Waals surface area (Å²) in [6.07, 6.45) is 2.43. The van der Waals surface area contributed by atoms with E-state index in [-0.39, 0.29) is 5.56 Å². The average molecular weight is 238 g/mol. The van der Waals surface area contributed by atoms with Crippen molar-refractivity contribution in [2.75, 3.05) is 25.1 Å². The highest BCUT2D eigenvalue weighted by Crippen LogP contribution is 2.16. The maximum atomic E-state index is 11.1. The van der Waals surface area contributed by atoms with Crippen molar-refractivity contribution in [3.05, 3.63) is 23.4 Å². The molecule has 1 heterocycles. The summed E-state index contributed by atoms with van der Waals surface area (Å²) in [5, 5.41) is 12.1. The Labute approximate surface area is 101 Å². The lowest BCUT2D eigenvalue weighted by Gasteiger charge is -2.10. The number of hydrogen-bond donors (Lipinski definition) is 2. The molecule has 0 atom stereocenters. The summed E-state index contributed by atoms with van der Waals surface area (Å²) in [6.45, 7) is 5.71. The van der Waals surface area contributed by atoms with E-state index in [9.17, 15) is 4.79 Å². The number of nitrogens with zero attached hydrogens (tertiary/aromatic N) is 1. The number of nitrogens with one attached hydrogen (secondary N) is 1. The van der Waals surface area contributed by atoms with Gasteiger partial charge in [-0.05, 0) is 31.9 Å². The van der Waals surface area contributed by atoms with Crippen LogP contribution in [0.1, 0.15) is 29.3 Å². The van der Waals surface area contributed by atoms with Gasteiger partial charge in [-0.1, -0.05) is 0 Å². The third kappa shape index (κ3) is 4.03. The minimum atomic E-state index is -0.956. The normalized spacial score (nSPS) is 10.2. The predicted molar refractivity (Wildman–Crippen MR) is 65.5 cm³/mol. The molecule has 0 aliphatic heterocycles. The first-order chi connectivity index (χ1) is 8.16. The fourth-order valence-corrected chi connectivity index (χ4v) is 1.49. The van der Waals surface area contributed by atoms with Crippen molar-refractivity contribution in [2.45, 2.75) is 20.3 Å². The SMILES string of the molecule is CCOCCCNc1nccc(C)c1C(=O)O. The van der Waals surface area contributed by atoms with E-state index >= 15 is 0 Å². The lowest BCUT2D eigenvalue weighted by molar-refractivity contribution is 0.0697. The molecule has 94 valence electrons. The maximum Gasteiger partial charge on any atom is 0.339 e. The minimum absolute atomic E-state index is 0.240. The Morgan fingerprint density at radius 3 is 3.00 bits per heavy atom. The van der Waals surface area contributed by atoms with Gasteiger partial charge in [0, 0.05) is 26.0 Å². The lowest BCUT2D eigenvalue weighted by Crippen LogP contribution is -2.12. The van der Waals surface area contributed by atoms with Crippen LogP contribution in [-0.4, -0.2) is 35.8 Å². The van der Waals surface area contributed by atoms with Crippen LogP contribution in [0.15, 0.2) is 12.3 Å². The number of rotatable bonds is 7. The van der Waals surface area contributed by atoms with Crippen LogP contribution in [0.25, 0.3) is 0 Å². The number of carboxylic acids is 1. The first kappa shape index (κ1) is 13.4. The molecule has 0 radical (unpaired) electrons. The molecule has 0 aliphatic carbocycles. The second-order valence-electron chi connectivity index (χ2n) is 3.63. The molecule has 1 aromatic rings. The van der Waals surface area contributed by atoms with E-state index in [1.54, 1.807) is 19.2 Å². The van der Waals surface area contributed by atoms with Crippen molar-refractivity contribution in [1.82, 2.24) is 4.98 Å². The third-order valence-corrected chi connectivity index (χ3v) is 2.34. The van der Waals surface area contributed by atoms with Crippen molar-refractivity contribution in [2.24, 2.45) is 0 Å². The van der Waals surface area contributed by atoms with E-state index in [4.69, 9.17) is 9.84 Å². The molecule has 5 heteroatoms. The van der Waals surface area contributed by atoms with E-state index in [1.165, 1.54) is 0 Å². The van der Waals surface area contributed by atoms with Crippen molar-refractivity contribution in [3.63, 3.8) is 0 Å². The molecule has 0 aliphatic rings. The molecule has 0 amide bonds. The molecule has 2 N–H and O–H groups in total. The molecular formula is C12H18N2O3. The van der Waals surface area contributed by atoms with Crippen LogP contribution in [0.3, 0.4) is 0 Å². The van der Waals surface area contributed by atoms with Gasteiger partial charge < -0.3 is 15.2 Å². The van der Waals surface area contributed by atoms with E-state index in [2.05, 4.69) is 10.3 Å². The fourth-order valence-electron chi connectivity index (χ4n) is 1.49. The summed E-state index contributed by atoms with van der Waals surface area (Å²) in [7, 11) is 0. The van der Waals surface area contributed by atoms with Crippen LogP contribution in [0.4, 0.5) is 5.82 Å². The summed E-state index contributed by atoms with van der Waals surface area (Å²) < 4.78 is 5.20. The highest BCUT2D eigenvalue weighted by Gasteiger charge is 2.13. The van der Waals surface area contributed by atoms with E-state index < -0.39 is 5.97 Å². The molecule has 0 bridgehead atoms. The number of carbonyl (C=O) groups is 1. The Bertz CT molecular complexity index is 380. The summed E-state index contributed by atoms with van der Waals surface area (Å²) in [6, 6.07) is 1.69. The predicted octanol–water partition coefficient (Wildman–Crippen LogP) is 1.93. The molecule has 0 spiro atoms. The Balaban J connectivity index is 2.58. The van der Waals surface area contributed by atoms with Crippen LogP contribution in [0.5, 0.6) is 0 Å². The molecule has 0 fully saturated rings. The van der Waals surface area contributed by atoms with Crippen LogP contribution in [-0.2, 0) is 4.74 Å². The molecule has 0 aromatic carbocycles. The van der Waals surface area contributed by atoms with Crippen LogP contribution >= 0.6 is 0 Å². The van der Waals surface area contributed by atoms with Gasteiger partial charge in [-0.25, -0.2) is 9.78 Å². The molecule has 1 rings (SSSR count). The zero-order chi connectivity index (χ0) is 12.7. The Hall–Kier alpha value is -1.62. The number of carboxylic acid groups (broad SMARTS) is 1. The van der Waals surface area contributed by atoms with Crippen molar-refractivity contribution < 1.29 is 14.6 Å². The van der Waals surface area contributed by atoms with E-state index in [0.29, 0.717) is 31.1 Å². The van der Waals surface area contributed by atoms with Gasteiger partial charge in [0.15, 0.2) is 0 Å². The molecular weight excluding hydrogens is 220 g/mol. The van der Waals surface area contributed by atoms with Gasteiger partial charge in [0.2, 0.25) is 0 Å². The number of pyridine rings is 1. The smallest absolute Gasteiger partial charge is 0.339 e. The van der Waals surface area contributed by atoms with Gasteiger partial charge in [-0.2, -0.15) is 0 Å². The molecule has 0 saturated carbocycles. The lowest BCUT2D eigenvalue weighted by atomic mass is 10.1. The molecule has 17 heavy (non-hydrogen) atoms. The topological polar surface area (TPSA) is 71.5 Å². The second kappa shape index (κ2) is 6.85. The number of anilines is 1. The van der Waals surface area contributed by atoms with E-state index in [0.717, 1.165) is 6.42 Å². The van der Waals surface area contributed by atoms with E-state index in [1.807, 2.05) is 6.92 Å². The summed E-state index contributed by atoms with van der Waals surface area (Å²) >= 11 is 0. The van der Waals surface area contributed by atoms with Gasteiger partial charge in [-0.15, -0.1) is 0 Å². The zero-order valence-corrected chi connectivity index (χ0v) is 10.2. The minimum Gasteiger partial charge on any atom is -0.478 e. The largest absolute Gasteiger partial charge is 0.478 e. The van der Waals surface area contributed by atoms with Crippen molar-refractivity contribution in [1.29, 1.82) is 0 Å². The monoisotopic (exact) mass is 238 g/mol. The average Bonchev–Trinajstić information content (AvgIpc) is 2.28. The van der Waals surface area contributed by atoms with Crippen LogP contribution in [0.2, 0.25) is 0 Å². The highest BCUT2D eigenvalue weighted by molar-refractivity contribution is 5.94. The van der Waals surface area contributed by atoms with Gasteiger partial charge in [0.1, 0.15) is 11.4 Å². The van der Waals surface area contributed by atoms with Crippen molar-refractivity contribution >= 4 is 11.8 Å². The molecule has 1 aromatic heterocycles. The number of aromatic nitrogens is 1. The Morgan fingerprint density at radius 1 is 1.59 bits per heavy atom. The standard InChI is InChI=1S/C12H18N2O3/c1-3-17-8-4-6-13-11-10(12(15)16)9(2)5-7-14-11/h5,7H,3-4,6,8H2,1-2H3,(H,13,14)(H,15,16). The van der Waals surface area contributed by atoms with Gasteiger partial charge in [0.25, 0.3) is 0 Å². The zero-order valence-electron chi connectivity index (χ0n) is 10.2. The number of hydrogen-bond acceptors (Lipinski definition) is 4. The number of ether oxygens (including phenoxy) is 1. The number of aryl methyl sites for hydroxylation is 1. The second-order valence-corrected chi connectivity index (χ2v) is 3.63. The molecule has 0 unspecified atom stereocenters.